The zero-order valence-electron chi connectivity index (χ0n) is 34.3. The summed E-state index contributed by atoms with van der Waals surface area (Å²) in [5, 5.41) is 5.63. The van der Waals surface area contributed by atoms with Crippen molar-refractivity contribution in [2.24, 2.45) is 22.5 Å². The van der Waals surface area contributed by atoms with E-state index in [-0.39, 0.29) is 33.3 Å². The number of nitrogens with one attached hydrogen (secondary N) is 2. The van der Waals surface area contributed by atoms with Crippen LogP contribution in [0.2, 0.25) is 0 Å². The largest absolute Gasteiger partial charge is 0.356 e. The molecular formula is C45H54ClN7O6S2. The maximum atomic E-state index is 13.0. The minimum Gasteiger partial charge on any atom is -0.356 e. The number of halogens is 1. The Labute approximate surface area is 363 Å². The van der Waals surface area contributed by atoms with Gasteiger partial charge in [0.1, 0.15) is 11.6 Å². The SMILES string of the molecule is NC1CC1.O=C(Nc1cccc(S(=O)(=O)CC2CC2)c1)c1cccnc1N1CCC2(CC1)CC2.O=C(Nc1cccc(S(=O)(=O)Cl)c1)c1cccnc1N1CCC2(CC1)CC2. The number of anilines is 4. The molecule has 16 heteroatoms. The van der Waals surface area contributed by atoms with Crippen molar-refractivity contribution >= 4 is 64.4 Å². The van der Waals surface area contributed by atoms with Gasteiger partial charge in [-0.05, 0) is 154 Å². The van der Waals surface area contributed by atoms with Crippen LogP contribution in [0.25, 0.3) is 0 Å². The number of aromatic nitrogens is 2. The van der Waals surface area contributed by atoms with Gasteiger partial charge >= 0.3 is 0 Å². The third kappa shape index (κ3) is 11.3. The number of hydrogen-bond acceptors (Lipinski definition) is 11. The molecular weight excluding hydrogens is 834 g/mol. The lowest BCUT2D eigenvalue weighted by molar-refractivity contribution is 0.101. The molecule has 2 aromatic heterocycles. The predicted octanol–water partition coefficient (Wildman–Crippen LogP) is 7.65. The Kier molecular flexibility index (Phi) is 12.5. The molecule has 6 fully saturated rings. The normalized spacial score (nSPS) is 19.8. The molecule has 0 unspecified atom stereocenters. The molecule has 0 bridgehead atoms. The fourth-order valence-corrected chi connectivity index (χ4v) is 10.6. The maximum absolute atomic E-state index is 13.0. The number of pyridine rings is 2. The quantitative estimate of drug-likeness (QED) is 0.133. The van der Waals surface area contributed by atoms with Crippen LogP contribution < -0.4 is 26.2 Å². The summed E-state index contributed by atoms with van der Waals surface area (Å²) in [4.78, 5) is 39.4. The molecule has 4 N–H and O–H groups in total. The summed E-state index contributed by atoms with van der Waals surface area (Å²) in [5.41, 5.74) is 8.18. The lowest BCUT2D eigenvalue weighted by Crippen LogP contribution is -2.36. The second-order valence-electron chi connectivity index (χ2n) is 17.7. The van der Waals surface area contributed by atoms with E-state index in [4.69, 9.17) is 16.4 Å². The molecule has 13 nitrogen and oxygen atoms in total. The Morgan fingerprint density at radius 1 is 0.639 bits per heavy atom. The van der Waals surface area contributed by atoms with Crippen LogP contribution in [0.1, 0.15) is 97.8 Å². The number of sulfone groups is 1. The highest BCUT2D eigenvalue weighted by Crippen LogP contribution is 2.54. The van der Waals surface area contributed by atoms with Gasteiger partial charge in [0.2, 0.25) is 0 Å². The molecule has 4 heterocycles. The molecule has 2 aromatic carbocycles. The minimum atomic E-state index is -3.86. The van der Waals surface area contributed by atoms with Gasteiger partial charge in [-0.2, -0.15) is 0 Å². The number of nitrogens with two attached hydrogens (primary N) is 1. The molecule has 2 spiro atoms. The topological polar surface area (TPSA) is 185 Å². The first-order valence-electron chi connectivity index (χ1n) is 21.4. The van der Waals surface area contributed by atoms with Crippen LogP contribution in [-0.4, -0.2) is 76.6 Å². The smallest absolute Gasteiger partial charge is 0.261 e. The zero-order chi connectivity index (χ0) is 42.8. The van der Waals surface area contributed by atoms with Gasteiger partial charge in [-0.25, -0.2) is 26.8 Å². The van der Waals surface area contributed by atoms with Gasteiger partial charge in [-0.3, -0.25) is 9.59 Å². The van der Waals surface area contributed by atoms with Gasteiger partial charge in [0.15, 0.2) is 9.84 Å². The van der Waals surface area contributed by atoms with E-state index < -0.39 is 18.9 Å². The van der Waals surface area contributed by atoms with Crippen molar-refractivity contribution in [3.05, 3.63) is 96.3 Å². The number of benzene rings is 2. The van der Waals surface area contributed by atoms with Crippen LogP contribution in [0.3, 0.4) is 0 Å². The Balaban J connectivity index is 0.000000155. The Bertz CT molecular complexity index is 2470. The van der Waals surface area contributed by atoms with Crippen molar-refractivity contribution in [1.82, 2.24) is 9.97 Å². The van der Waals surface area contributed by atoms with E-state index in [1.54, 1.807) is 67.0 Å². The van der Waals surface area contributed by atoms with Crippen molar-refractivity contribution in [1.29, 1.82) is 0 Å². The van der Waals surface area contributed by atoms with Gasteiger partial charge in [0.25, 0.3) is 20.9 Å². The van der Waals surface area contributed by atoms with Crippen LogP contribution >= 0.6 is 10.7 Å². The highest BCUT2D eigenvalue weighted by molar-refractivity contribution is 8.13. The standard InChI is InChI=1S/C23H27N3O3S.C19H20ClN3O3S.C3H7N/c27-22(25-18-3-1-4-19(15-18)30(28,29)16-17-6-7-17)20-5-2-12-24-21(20)26-13-10-23(8-9-23)11-14-26;20-27(25,26)15-4-1-3-14(13-15)22-18(24)16-5-2-10-21-17(16)23-11-8-19(6-7-19)9-12-23;4-3-1-2-3/h1-5,12,15,17H,6-11,13-14,16H2,(H,25,27);1-5,10,13H,6-9,11-12H2,(H,22,24);3H,1-2,4H2. The van der Waals surface area contributed by atoms with Crippen molar-refractivity contribution in [3.8, 4) is 0 Å². The van der Waals surface area contributed by atoms with Crippen molar-refractivity contribution in [3.63, 3.8) is 0 Å². The highest BCUT2D eigenvalue weighted by atomic mass is 35.7. The van der Waals surface area contributed by atoms with E-state index in [0.717, 1.165) is 64.7 Å². The number of nitrogens with zero attached hydrogens (tertiary/aromatic N) is 4. The molecule has 6 aliphatic rings. The molecule has 0 atom stereocenters. The van der Waals surface area contributed by atoms with Crippen molar-refractivity contribution in [2.75, 3.05) is 52.4 Å². The fourth-order valence-electron chi connectivity index (χ4n) is 8.07. The summed E-state index contributed by atoms with van der Waals surface area (Å²) in [6.07, 6.45) is 17.8. The first kappa shape index (κ1) is 43.1. The van der Waals surface area contributed by atoms with Gasteiger partial charge in [-0.1, -0.05) is 12.1 Å². The monoisotopic (exact) mass is 887 g/mol. The third-order valence-electron chi connectivity index (χ3n) is 12.8. The van der Waals surface area contributed by atoms with Crippen LogP contribution in [-0.2, 0) is 18.9 Å². The maximum Gasteiger partial charge on any atom is 0.261 e. The summed E-state index contributed by atoms with van der Waals surface area (Å²) >= 11 is 0. The number of amides is 2. The third-order valence-corrected chi connectivity index (χ3v) is 16.1. The summed E-state index contributed by atoms with van der Waals surface area (Å²) in [6.45, 7) is 3.65. The van der Waals surface area contributed by atoms with Gasteiger partial charge in [0.05, 0.1) is 26.7 Å². The van der Waals surface area contributed by atoms with E-state index in [1.165, 1.54) is 56.7 Å². The molecule has 4 aliphatic carbocycles. The van der Waals surface area contributed by atoms with Gasteiger partial charge in [0, 0.05) is 66.7 Å². The summed E-state index contributed by atoms with van der Waals surface area (Å²) in [5.74, 6) is 1.27. The Hall–Kier alpha value is -4.57. The lowest BCUT2D eigenvalue weighted by atomic mass is 9.93. The summed E-state index contributed by atoms with van der Waals surface area (Å²) in [6, 6.07) is 20.0. The number of rotatable bonds is 10. The average molecular weight is 889 g/mol. The van der Waals surface area contributed by atoms with E-state index in [9.17, 15) is 26.4 Å². The number of piperidine rings is 2. The summed E-state index contributed by atoms with van der Waals surface area (Å²) < 4.78 is 48.1. The predicted molar refractivity (Wildman–Crippen MR) is 239 cm³/mol. The number of carbonyl (C=O) groups is 2. The van der Waals surface area contributed by atoms with E-state index in [2.05, 4.69) is 30.4 Å². The molecule has 4 aromatic rings. The molecule has 0 radical (unpaired) electrons. The van der Waals surface area contributed by atoms with Crippen LogP contribution in [0.15, 0.2) is 95.0 Å². The van der Waals surface area contributed by atoms with Crippen LogP contribution in [0.4, 0.5) is 23.0 Å². The Morgan fingerprint density at radius 2 is 1.07 bits per heavy atom. The molecule has 2 saturated heterocycles. The van der Waals surface area contributed by atoms with Crippen molar-refractivity contribution in [2.45, 2.75) is 92.9 Å². The second kappa shape index (κ2) is 17.7. The number of carbonyl (C=O) groups excluding carboxylic acids is 2. The molecule has 4 saturated carbocycles. The molecule has 324 valence electrons. The fraction of sp³-hybridized carbons (Fsp3) is 0.467. The number of hydrogen-bond donors (Lipinski definition) is 3. The van der Waals surface area contributed by atoms with Gasteiger partial charge < -0.3 is 26.2 Å². The van der Waals surface area contributed by atoms with Crippen LogP contribution in [0, 0.1) is 16.7 Å². The first-order chi connectivity index (χ1) is 29.2. The minimum absolute atomic E-state index is 0.0564. The first-order valence-corrected chi connectivity index (χ1v) is 25.3. The van der Waals surface area contributed by atoms with E-state index in [1.807, 2.05) is 0 Å². The molecule has 10 rings (SSSR count). The highest BCUT2D eigenvalue weighted by Gasteiger charge is 2.46. The Morgan fingerprint density at radius 3 is 1.46 bits per heavy atom. The average Bonchev–Trinajstić information content (AvgIpc) is 4.02. The molecule has 2 aliphatic heterocycles. The van der Waals surface area contributed by atoms with Crippen molar-refractivity contribution < 1.29 is 26.4 Å². The zero-order valence-corrected chi connectivity index (χ0v) is 36.7. The second-order valence-corrected chi connectivity index (χ2v) is 22.3. The summed E-state index contributed by atoms with van der Waals surface area (Å²) in [7, 11) is -1.80. The molecule has 61 heavy (non-hydrogen) atoms. The lowest BCUT2D eigenvalue weighted by Gasteiger charge is -2.33. The van der Waals surface area contributed by atoms with Gasteiger partial charge in [-0.15, -0.1) is 0 Å². The van der Waals surface area contributed by atoms with E-state index >= 15 is 0 Å². The van der Waals surface area contributed by atoms with Crippen LogP contribution in [0.5, 0.6) is 0 Å². The molecule has 2 amide bonds. The van der Waals surface area contributed by atoms with E-state index in [0.29, 0.717) is 51.0 Å².